The highest BCUT2D eigenvalue weighted by Crippen LogP contribution is 2.41. The number of halogens is 3. The lowest BCUT2D eigenvalue weighted by atomic mass is 10.1. The van der Waals surface area contributed by atoms with Crippen LogP contribution < -0.4 is 15.0 Å². The van der Waals surface area contributed by atoms with E-state index in [2.05, 4.69) is 37.0 Å². The normalized spacial score (nSPS) is 18.0. The first-order chi connectivity index (χ1) is 21.0. The number of hydrogen-bond acceptors (Lipinski definition) is 10. The summed E-state index contributed by atoms with van der Waals surface area (Å²) < 4.78 is 46.3. The second-order valence-corrected chi connectivity index (χ2v) is 11.9. The standard InChI is InChI=1S/C29H34F3N7O4S/c1-18-4-3-8-39(18)17-23-26(19-5-6-22(43-2)20(14-19)29(30,31)32)35-28(44-23)36-27(42)21-15-34-24(16-33-21)38-12-10-37(11-13-38)9-7-25(40)41/h5-6,14-16,18H,3-4,7-13,17H2,1-2H3,(H,40,41)(H,35,36,42). The summed E-state index contributed by atoms with van der Waals surface area (Å²) in [6, 6.07) is 4.19. The molecule has 1 unspecified atom stereocenters. The first kappa shape index (κ1) is 31.6. The molecule has 1 amide bonds. The van der Waals surface area contributed by atoms with E-state index >= 15 is 0 Å². The van der Waals surface area contributed by atoms with Gasteiger partial charge in [0.25, 0.3) is 5.91 Å². The van der Waals surface area contributed by atoms with Crippen LogP contribution in [0.25, 0.3) is 11.3 Å². The van der Waals surface area contributed by atoms with E-state index in [0.717, 1.165) is 30.3 Å². The fourth-order valence-electron chi connectivity index (χ4n) is 5.44. The zero-order valence-corrected chi connectivity index (χ0v) is 25.2. The summed E-state index contributed by atoms with van der Waals surface area (Å²) in [4.78, 5) is 44.3. The highest BCUT2D eigenvalue weighted by Gasteiger charge is 2.35. The molecule has 11 nitrogen and oxygen atoms in total. The lowest BCUT2D eigenvalue weighted by Crippen LogP contribution is -2.47. The Kier molecular flexibility index (Phi) is 9.65. The Morgan fingerprint density at radius 2 is 1.91 bits per heavy atom. The quantitative estimate of drug-likeness (QED) is 0.331. The summed E-state index contributed by atoms with van der Waals surface area (Å²) in [6.07, 6.45) is 0.448. The molecule has 1 atom stereocenters. The predicted octanol–water partition coefficient (Wildman–Crippen LogP) is 4.46. The molecule has 0 bridgehead atoms. The van der Waals surface area contributed by atoms with E-state index in [1.807, 2.05) is 4.90 Å². The topological polar surface area (TPSA) is 124 Å². The van der Waals surface area contributed by atoms with Crippen molar-refractivity contribution in [2.75, 3.05) is 56.6 Å². The smallest absolute Gasteiger partial charge is 0.419 e. The number of hydrogen-bond donors (Lipinski definition) is 2. The second kappa shape index (κ2) is 13.4. The number of aliphatic carboxylic acids is 1. The molecule has 15 heteroatoms. The molecule has 0 spiro atoms. The van der Waals surface area contributed by atoms with Crippen LogP contribution in [0, 0.1) is 0 Å². The summed E-state index contributed by atoms with van der Waals surface area (Å²) in [7, 11) is 1.20. The number of alkyl halides is 3. The number of carboxylic acids is 1. The van der Waals surface area contributed by atoms with Gasteiger partial charge < -0.3 is 14.7 Å². The van der Waals surface area contributed by atoms with Gasteiger partial charge in [-0.2, -0.15) is 13.2 Å². The van der Waals surface area contributed by atoms with Gasteiger partial charge in [-0.25, -0.2) is 15.0 Å². The van der Waals surface area contributed by atoms with Crippen molar-refractivity contribution < 1.29 is 32.6 Å². The number of carbonyl (C=O) groups is 2. The Morgan fingerprint density at radius 1 is 1.14 bits per heavy atom. The molecule has 0 radical (unpaired) electrons. The van der Waals surface area contributed by atoms with Crippen LogP contribution in [0.15, 0.2) is 30.6 Å². The second-order valence-electron chi connectivity index (χ2n) is 10.9. The molecule has 2 aromatic heterocycles. The van der Waals surface area contributed by atoms with Gasteiger partial charge in [0.2, 0.25) is 0 Å². The van der Waals surface area contributed by atoms with Gasteiger partial charge in [-0.1, -0.05) is 11.3 Å². The predicted molar refractivity (Wildman–Crippen MR) is 159 cm³/mol. The molecule has 5 rings (SSSR count). The highest BCUT2D eigenvalue weighted by atomic mass is 32.1. The maximum Gasteiger partial charge on any atom is 0.419 e. The number of anilines is 2. The number of nitrogens with zero attached hydrogens (tertiary/aromatic N) is 6. The molecule has 0 aliphatic carbocycles. The van der Waals surface area contributed by atoms with Crippen LogP contribution in [0.2, 0.25) is 0 Å². The van der Waals surface area contributed by atoms with Crippen molar-refractivity contribution in [3.8, 4) is 17.0 Å². The summed E-state index contributed by atoms with van der Waals surface area (Å²) in [5, 5.41) is 11.9. The number of carbonyl (C=O) groups excluding carboxylic acids is 1. The van der Waals surface area contributed by atoms with Gasteiger partial charge in [-0.3, -0.25) is 24.7 Å². The van der Waals surface area contributed by atoms with Crippen molar-refractivity contribution >= 4 is 34.2 Å². The van der Waals surface area contributed by atoms with Gasteiger partial charge in [-0.05, 0) is 44.5 Å². The molecule has 4 heterocycles. The number of benzene rings is 1. The van der Waals surface area contributed by atoms with Crippen molar-refractivity contribution in [3.05, 3.63) is 46.7 Å². The van der Waals surface area contributed by atoms with E-state index in [0.29, 0.717) is 56.8 Å². The minimum atomic E-state index is -4.61. The summed E-state index contributed by atoms with van der Waals surface area (Å²) >= 11 is 1.23. The fraction of sp³-hybridized carbons (Fsp3) is 0.483. The molecule has 0 saturated carbocycles. The average molecular weight is 634 g/mol. The van der Waals surface area contributed by atoms with Crippen LogP contribution in [0.1, 0.15) is 47.1 Å². The Balaban J connectivity index is 1.32. The zero-order valence-electron chi connectivity index (χ0n) is 24.4. The molecule has 3 aromatic rings. The molecule has 2 aliphatic rings. The van der Waals surface area contributed by atoms with Gasteiger partial charge >= 0.3 is 12.1 Å². The Bertz CT molecular complexity index is 1480. The Morgan fingerprint density at radius 3 is 2.52 bits per heavy atom. The van der Waals surface area contributed by atoms with E-state index in [-0.39, 0.29) is 28.6 Å². The van der Waals surface area contributed by atoms with Gasteiger partial charge in [0.15, 0.2) is 5.13 Å². The lowest BCUT2D eigenvalue weighted by molar-refractivity contribution is -0.139. The summed E-state index contributed by atoms with van der Waals surface area (Å²) in [5.74, 6) is -1.02. The lowest BCUT2D eigenvalue weighted by Gasteiger charge is -2.34. The molecule has 2 fully saturated rings. The molecule has 2 saturated heterocycles. The molecule has 236 valence electrons. The maximum atomic E-state index is 13.8. The minimum Gasteiger partial charge on any atom is -0.496 e. The number of methoxy groups -OCH3 is 1. The van der Waals surface area contributed by atoms with Crippen molar-refractivity contribution in [2.24, 2.45) is 0 Å². The number of nitrogens with one attached hydrogen (secondary N) is 1. The van der Waals surface area contributed by atoms with E-state index < -0.39 is 23.6 Å². The zero-order chi connectivity index (χ0) is 31.4. The van der Waals surface area contributed by atoms with Crippen LogP contribution >= 0.6 is 11.3 Å². The number of amides is 1. The van der Waals surface area contributed by atoms with Gasteiger partial charge in [0.1, 0.15) is 17.3 Å². The third-order valence-electron chi connectivity index (χ3n) is 7.94. The monoisotopic (exact) mass is 633 g/mol. The minimum absolute atomic E-state index is 0.0733. The number of likely N-dealkylation sites (tertiary alicyclic amines) is 1. The van der Waals surface area contributed by atoms with E-state index in [1.165, 1.54) is 36.9 Å². The van der Waals surface area contributed by atoms with Crippen LogP contribution in [0.5, 0.6) is 5.75 Å². The van der Waals surface area contributed by atoms with Crippen LogP contribution in [-0.4, -0.2) is 94.2 Å². The molecule has 2 N–H and O–H groups in total. The Labute approximate surface area is 256 Å². The maximum absolute atomic E-state index is 13.8. The molecule has 44 heavy (non-hydrogen) atoms. The molecular formula is C29H34F3N7O4S. The Hall–Kier alpha value is -3.82. The van der Waals surface area contributed by atoms with Gasteiger partial charge in [0.05, 0.1) is 37.2 Å². The first-order valence-corrected chi connectivity index (χ1v) is 15.2. The summed E-state index contributed by atoms with van der Waals surface area (Å²) in [6.45, 7) is 6.68. The van der Waals surface area contributed by atoms with Crippen molar-refractivity contribution in [2.45, 2.75) is 44.9 Å². The van der Waals surface area contributed by atoms with E-state index in [4.69, 9.17) is 9.84 Å². The summed E-state index contributed by atoms with van der Waals surface area (Å²) in [5.41, 5.74) is -0.164. The van der Waals surface area contributed by atoms with Crippen LogP contribution in [-0.2, 0) is 17.5 Å². The molecule has 2 aliphatic heterocycles. The van der Waals surface area contributed by atoms with Crippen LogP contribution in [0.4, 0.5) is 24.1 Å². The number of ether oxygens (including phenoxy) is 1. The van der Waals surface area contributed by atoms with E-state index in [1.54, 1.807) is 6.07 Å². The van der Waals surface area contributed by atoms with Crippen LogP contribution in [0.3, 0.4) is 0 Å². The first-order valence-electron chi connectivity index (χ1n) is 14.3. The fourth-order valence-corrected chi connectivity index (χ4v) is 6.45. The number of piperazine rings is 1. The van der Waals surface area contributed by atoms with Crippen molar-refractivity contribution in [1.29, 1.82) is 0 Å². The largest absolute Gasteiger partial charge is 0.496 e. The highest BCUT2D eigenvalue weighted by molar-refractivity contribution is 7.16. The van der Waals surface area contributed by atoms with E-state index in [9.17, 15) is 22.8 Å². The number of carboxylic acid groups (broad SMARTS) is 1. The average Bonchev–Trinajstić information content (AvgIpc) is 3.60. The van der Waals surface area contributed by atoms with Crippen molar-refractivity contribution in [1.82, 2.24) is 24.8 Å². The number of aromatic nitrogens is 3. The SMILES string of the molecule is COc1ccc(-c2nc(NC(=O)c3cnc(N4CCN(CCC(=O)O)CC4)cn3)sc2CN2CCCC2C)cc1C(F)(F)F. The third kappa shape index (κ3) is 7.45. The third-order valence-corrected chi connectivity index (χ3v) is 8.90. The van der Waals surface area contributed by atoms with Crippen molar-refractivity contribution in [3.63, 3.8) is 0 Å². The number of thiazole rings is 1. The molecular weight excluding hydrogens is 599 g/mol. The number of rotatable bonds is 10. The van der Waals surface area contributed by atoms with Gasteiger partial charge in [-0.15, -0.1) is 0 Å². The van der Waals surface area contributed by atoms with Gasteiger partial charge in [0, 0.05) is 55.8 Å². The molecule has 1 aromatic carbocycles.